The number of nitrogens with one attached hydrogen (secondary N) is 1. The molecule has 19 heavy (non-hydrogen) atoms. The highest BCUT2D eigenvalue weighted by Gasteiger charge is 2.05. The van der Waals surface area contributed by atoms with Gasteiger partial charge in [-0.05, 0) is 24.7 Å². The monoisotopic (exact) mass is 263 g/mol. The molecule has 0 amide bonds. The van der Waals surface area contributed by atoms with E-state index in [0.29, 0.717) is 19.6 Å². The van der Waals surface area contributed by atoms with Crippen LogP contribution in [0.25, 0.3) is 0 Å². The molecule has 0 saturated carbocycles. The van der Waals surface area contributed by atoms with Gasteiger partial charge in [-0.15, -0.1) is 0 Å². The molecule has 5 heteroatoms. The summed E-state index contributed by atoms with van der Waals surface area (Å²) < 4.78 is 21.1. The summed E-state index contributed by atoms with van der Waals surface area (Å²) in [6, 6.07) is 5.02. The topological polar surface area (TPSA) is 39.1 Å². The van der Waals surface area contributed by atoms with Gasteiger partial charge in [-0.1, -0.05) is 6.07 Å². The molecule has 2 rings (SSSR count). The van der Waals surface area contributed by atoms with E-state index in [-0.39, 0.29) is 11.6 Å². The van der Waals surface area contributed by atoms with E-state index in [1.165, 1.54) is 6.07 Å². The number of hydrogen-bond donors (Lipinski definition) is 1. The second kappa shape index (κ2) is 6.33. The van der Waals surface area contributed by atoms with E-state index in [9.17, 15) is 4.39 Å². The molecule has 1 aromatic carbocycles. The fourth-order valence-electron chi connectivity index (χ4n) is 1.87. The van der Waals surface area contributed by atoms with Crippen molar-refractivity contribution in [2.24, 2.45) is 7.05 Å². The minimum atomic E-state index is -0.326. The average molecular weight is 263 g/mol. The minimum absolute atomic E-state index is 0.286. The van der Waals surface area contributed by atoms with Crippen molar-refractivity contribution in [2.75, 3.05) is 13.7 Å². The lowest BCUT2D eigenvalue weighted by atomic mass is 10.2. The van der Waals surface area contributed by atoms with E-state index in [1.54, 1.807) is 12.3 Å². The zero-order valence-corrected chi connectivity index (χ0v) is 11.2. The van der Waals surface area contributed by atoms with Gasteiger partial charge in [0.2, 0.25) is 0 Å². The van der Waals surface area contributed by atoms with Crippen LogP contribution in [0.5, 0.6) is 5.75 Å². The van der Waals surface area contributed by atoms with Gasteiger partial charge in [-0.2, -0.15) is 0 Å². The Labute approximate surface area is 112 Å². The predicted molar refractivity (Wildman–Crippen MR) is 71.6 cm³/mol. The predicted octanol–water partition coefficient (Wildman–Crippen LogP) is 1.90. The molecular formula is C14H18FN3O. The first-order valence-electron chi connectivity index (χ1n) is 6.22. The highest BCUT2D eigenvalue weighted by Crippen LogP contribution is 2.18. The molecule has 102 valence electrons. The van der Waals surface area contributed by atoms with Gasteiger partial charge in [0.25, 0.3) is 0 Å². The smallest absolute Gasteiger partial charge is 0.165 e. The van der Waals surface area contributed by atoms with Crippen molar-refractivity contribution in [3.05, 3.63) is 47.8 Å². The maximum Gasteiger partial charge on any atom is 0.165 e. The maximum atomic E-state index is 13.7. The number of rotatable bonds is 6. The van der Waals surface area contributed by atoms with Gasteiger partial charge in [-0.3, -0.25) is 0 Å². The lowest BCUT2D eigenvalue weighted by Gasteiger charge is -2.08. The zero-order valence-electron chi connectivity index (χ0n) is 11.2. The molecule has 4 nitrogen and oxygen atoms in total. The highest BCUT2D eigenvalue weighted by molar-refractivity contribution is 5.29. The molecule has 0 saturated heterocycles. The third-order valence-corrected chi connectivity index (χ3v) is 2.88. The Hall–Kier alpha value is -1.88. The molecule has 1 N–H and O–H groups in total. The number of hydrogen-bond acceptors (Lipinski definition) is 3. The fraction of sp³-hybridized carbons (Fsp3) is 0.357. The normalized spacial score (nSPS) is 10.7. The molecule has 0 aliphatic heterocycles. The SMILES string of the molecule is CNCc1ccc(OCCc2nccn2C)c(F)c1. The molecule has 1 heterocycles. The van der Waals surface area contributed by atoms with Crippen molar-refractivity contribution in [3.8, 4) is 5.75 Å². The van der Waals surface area contributed by atoms with Crippen molar-refractivity contribution >= 4 is 0 Å². The molecule has 0 aliphatic carbocycles. The van der Waals surface area contributed by atoms with Crippen LogP contribution in [0.3, 0.4) is 0 Å². The Morgan fingerprint density at radius 3 is 2.89 bits per heavy atom. The molecule has 0 unspecified atom stereocenters. The largest absolute Gasteiger partial charge is 0.490 e. The second-order valence-electron chi connectivity index (χ2n) is 4.35. The van der Waals surface area contributed by atoms with Crippen LogP contribution in [0.1, 0.15) is 11.4 Å². The standard InChI is InChI=1S/C14H18FN3O/c1-16-10-11-3-4-13(12(15)9-11)19-8-5-14-17-6-7-18(14)2/h3-4,6-7,9,16H,5,8,10H2,1-2H3. The van der Waals surface area contributed by atoms with Crippen LogP contribution < -0.4 is 10.1 Å². The van der Waals surface area contributed by atoms with Crippen LogP contribution in [0.4, 0.5) is 4.39 Å². The highest BCUT2D eigenvalue weighted by atomic mass is 19.1. The summed E-state index contributed by atoms with van der Waals surface area (Å²) in [5.41, 5.74) is 0.899. The Balaban J connectivity index is 1.91. The lowest BCUT2D eigenvalue weighted by Crippen LogP contribution is -2.08. The van der Waals surface area contributed by atoms with Gasteiger partial charge in [0.05, 0.1) is 6.61 Å². The number of halogens is 1. The Morgan fingerprint density at radius 2 is 2.26 bits per heavy atom. The number of aromatic nitrogens is 2. The summed E-state index contributed by atoms with van der Waals surface area (Å²) in [6.07, 6.45) is 4.27. The molecule has 0 aliphatic rings. The number of imidazole rings is 1. The summed E-state index contributed by atoms with van der Waals surface area (Å²) in [5.74, 6) is 0.883. The quantitative estimate of drug-likeness (QED) is 0.865. The fourth-order valence-corrected chi connectivity index (χ4v) is 1.87. The van der Waals surface area contributed by atoms with E-state index < -0.39 is 0 Å². The van der Waals surface area contributed by atoms with Crippen LogP contribution in [0.15, 0.2) is 30.6 Å². The van der Waals surface area contributed by atoms with Crippen molar-refractivity contribution in [2.45, 2.75) is 13.0 Å². The van der Waals surface area contributed by atoms with Crippen molar-refractivity contribution in [3.63, 3.8) is 0 Å². The average Bonchev–Trinajstić information content (AvgIpc) is 2.78. The first-order chi connectivity index (χ1) is 9.20. The van der Waals surface area contributed by atoms with E-state index in [0.717, 1.165) is 11.4 Å². The van der Waals surface area contributed by atoms with Crippen LogP contribution in [0, 0.1) is 5.82 Å². The van der Waals surface area contributed by atoms with Crippen molar-refractivity contribution in [1.82, 2.24) is 14.9 Å². The molecule has 0 radical (unpaired) electrons. The van der Waals surface area contributed by atoms with E-state index >= 15 is 0 Å². The van der Waals surface area contributed by atoms with Gasteiger partial charge in [0.15, 0.2) is 11.6 Å². The van der Waals surface area contributed by atoms with Gasteiger partial charge in [0, 0.05) is 32.4 Å². The Kier molecular flexibility index (Phi) is 4.52. The zero-order chi connectivity index (χ0) is 13.7. The van der Waals surface area contributed by atoms with Crippen LogP contribution in [-0.4, -0.2) is 23.2 Å². The third kappa shape index (κ3) is 3.54. The number of aryl methyl sites for hydroxylation is 1. The molecule has 0 atom stereocenters. The molecular weight excluding hydrogens is 245 g/mol. The van der Waals surface area contributed by atoms with Crippen LogP contribution >= 0.6 is 0 Å². The van der Waals surface area contributed by atoms with Crippen molar-refractivity contribution in [1.29, 1.82) is 0 Å². The first kappa shape index (κ1) is 13.5. The first-order valence-corrected chi connectivity index (χ1v) is 6.22. The van der Waals surface area contributed by atoms with Gasteiger partial charge < -0.3 is 14.6 Å². The molecule has 2 aromatic rings. The molecule has 0 fully saturated rings. The van der Waals surface area contributed by atoms with Gasteiger partial charge >= 0.3 is 0 Å². The van der Waals surface area contributed by atoms with Gasteiger partial charge in [-0.25, -0.2) is 9.37 Å². The number of ether oxygens (including phenoxy) is 1. The van der Waals surface area contributed by atoms with E-state index in [2.05, 4.69) is 10.3 Å². The summed E-state index contributed by atoms with van der Waals surface area (Å²) in [5, 5.41) is 2.98. The number of nitrogens with zero attached hydrogens (tertiary/aromatic N) is 2. The summed E-state index contributed by atoms with van der Waals surface area (Å²) in [4.78, 5) is 4.19. The molecule has 0 spiro atoms. The lowest BCUT2D eigenvalue weighted by molar-refractivity contribution is 0.301. The van der Waals surface area contributed by atoms with Crippen molar-refractivity contribution < 1.29 is 9.13 Å². The van der Waals surface area contributed by atoms with Crippen LogP contribution in [0.2, 0.25) is 0 Å². The summed E-state index contributed by atoms with van der Waals surface area (Å²) in [6.45, 7) is 1.05. The number of benzene rings is 1. The van der Waals surface area contributed by atoms with Crippen LogP contribution in [-0.2, 0) is 20.0 Å². The molecule has 1 aromatic heterocycles. The van der Waals surface area contributed by atoms with E-state index in [1.807, 2.05) is 30.9 Å². The molecule has 0 bridgehead atoms. The van der Waals surface area contributed by atoms with Gasteiger partial charge in [0.1, 0.15) is 5.82 Å². The van der Waals surface area contributed by atoms with E-state index in [4.69, 9.17) is 4.74 Å². The Bertz CT molecular complexity index is 539. The maximum absolute atomic E-state index is 13.7. The summed E-state index contributed by atoms with van der Waals surface area (Å²) in [7, 11) is 3.75. The summed E-state index contributed by atoms with van der Waals surface area (Å²) >= 11 is 0. The third-order valence-electron chi connectivity index (χ3n) is 2.88. The Morgan fingerprint density at radius 1 is 1.42 bits per heavy atom. The minimum Gasteiger partial charge on any atom is -0.490 e. The second-order valence-corrected chi connectivity index (χ2v) is 4.35.